The van der Waals surface area contributed by atoms with Crippen molar-refractivity contribution in [2.24, 2.45) is 5.73 Å². The van der Waals surface area contributed by atoms with Gasteiger partial charge in [0.15, 0.2) is 11.6 Å². The molecule has 1 rings (SSSR count). The van der Waals surface area contributed by atoms with Gasteiger partial charge in [-0.15, -0.1) is 0 Å². The Balaban J connectivity index is 2.53. The average molecular weight is 256 g/mol. The molecule has 0 unspecified atom stereocenters. The Bertz CT molecular complexity index is 397. The lowest BCUT2D eigenvalue weighted by Gasteiger charge is -2.08. The van der Waals surface area contributed by atoms with Gasteiger partial charge in [0.25, 0.3) is 0 Å². The summed E-state index contributed by atoms with van der Waals surface area (Å²) in [6.07, 6.45) is 2.23. The highest BCUT2D eigenvalue weighted by Gasteiger charge is 2.05. The maximum atomic E-state index is 13.4. The van der Waals surface area contributed by atoms with Crippen LogP contribution in [0.25, 0.3) is 0 Å². The van der Waals surface area contributed by atoms with E-state index < -0.39 is 12.5 Å². The van der Waals surface area contributed by atoms with Gasteiger partial charge in [-0.25, -0.2) is 4.39 Å². The second-order valence-electron chi connectivity index (χ2n) is 4.03. The lowest BCUT2D eigenvalue weighted by atomic mass is 10.1. The summed E-state index contributed by atoms with van der Waals surface area (Å²) in [6.45, 7) is -0.301. The lowest BCUT2D eigenvalue weighted by molar-refractivity contribution is 0.277. The molecule has 0 aliphatic carbocycles. The Kier molecular flexibility index (Phi) is 6.11. The molecule has 0 atom stereocenters. The number of halogens is 2. The van der Waals surface area contributed by atoms with E-state index in [9.17, 15) is 8.78 Å². The third-order valence-corrected chi connectivity index (χ3v) is 2.44. The van der Waals surface area contributed by atoms with Crippen molar-refractivity contribution >= 4 is 5.84 Å². The highest BCUT2D eigenvalue weighted by Crippen LogP contribution is 2.20. The molecular weight excluding hydrogens is 238 g/mol. The smallest absolute Gasteiger partial charge is 0.165 e. The molecule has 0 bridgehead atoms. The molecule has 0 aliphatic rings. The molecule has 0 heterocycles. The molecule has 0 aromatic heterocycles. The lowest BCUT2D eigenvalue weighted by Crippen LogP contribution is -2.09. The van der Waals surface area contributed by atoms with E-state index >= 15 is 0 Å². The molecule has 3 nitrogen and oxygen atoms in total. The van der Waals surface area contributed by atoms with Crippen molar-refractivity contribution < 1.29 is 13.5 Å². The highest BCUT2D eigenvalue weighted by atomic mass is 19.1. The molecule has 0 spiro atoms. The first kappa shape index (κ1) is 14.4. The van der Waals surface area contributed by atoms with Crippen LogP contribution in [0.2, 0.25) is 0 Å². The van der Waals surface area contributed by atoms with Gasteiger partial charge >= 0.3 is 0 Å². The van der Waals surface area contributed by atoms with E-state index in [0.717, 1.165) is 12.0 Å². The number of ether oxygens (including phenoxy) is 1. The van der Waals surface area contributed by atoms with Gasteiger partial charge in [-0.1, -0.05) is 6.07 Å². The molecule has 3 N–H and O–H groups in total. The first-order valence-corrected chi connectivity index (χ1v) is 5.93. The first-order chi connectivity index (χ1) is 8.63. The molecule has 1 aromatic rings. The molecule has 18 heavy (non-hydrogen) atoms. The van der Waals surface area contributed by atoms with Crippen LogP contribution >= 0.6 is 0 Å². The SMILES string of the molecule is N=C(N)CCCc1ccc(F)c(OCCCF)c1. The number of rotatable bonds is 8. The van der Waals surface area contributed by atoms with Gasteiger partial charge in [-0.2, -0.15) is 0 Å². The minimum absolute atomic E-state index is 0.150. The molecule has 0 saturated heterocycles. The van der Waals surface area contributed by atoms with E-state index in [1.165, 1.54) is 6.07 Å². The standard InChI is InChI=1S/C13H18F2N2O/c14-7-2-8-18-12-9-10(5-6-11(12)15)3-1-4-13(16)17/h5-6,9H,1-4,7-8H2,(H3,16,17). The summed E-state index contributed by atoms with van der Waals surface area (Å²) in [5.41, 5.74) is 6.18. The van der Waals surface area contributed by atoms with Crippen LogP contribution in [0.4, 0.5) is 8.78 Å². The predicted octanol–water partition coefficient (Wildman–Crippen LogP) is 2.82. The molecule has 0 amide bonds. The number of alkyl halides is 1. The van der Waals surface area contributed by atoms with Crippen molar-refractivity contribution in [3.8, 4) is 5.75 Å². The van der Waals surface area contributed by atoms with Crippen LogP contribution in [0.5, 0.6) is 5.75 Å². The van der Waals surface area contributed by atoms with E-state index in [4.69, 9.17) is 15.9 Å². The summed E-state index contributed by atoms with van der Waals surface area (Å²) in [5.74, 6) is -0.135. The monoisotopic (exact) mass is 256 g/mol. The minimum atomic E-state index is -0.472. The number of hydrogen-bond acceptors (Lipinski definition) is 2. The van der Waals surface area contributed by atoms with Crippen molar-refractivity contribution in [1.82, 2.24) is 0 Å². The normalized spacial score (nSPS) is 10.3. The quantitative estimate of drug-likeness (QED) is 0.427. The van der Waals surface area contributed by atoms with Crippen molar-refractivity contribution in [1.29, 1.82) is 5.41 Å². The third-order valence-electron chi connectivity index (χ3n) is 2.44. The summed E-state index contributed by atoms with van der Waals surface area (Å²) >= 11 is 0. The van der Waals surface area contributed by atoms with Crippen LogP contribution in [0.3, 0.4) is 0 Å². The summed E-state index contributed by atoms with van der Waals surface area (Å²) in [5, 5.41) is 7.11. The second kappa shape index (κ2) is 7.63. The topological polar surface area (TPSA) is 59.1 Å². The Morgan fingerprint density at radius 1 is 1.33 bits per heavy atom. The van der Waals surface area contributed by atoms with Crippen LogP contribution in [-0.4, -0.2) is 19.1 Å². The minimum Gasteiger partial charge on any atom is -0.490 e. The van der Waals surface area contributed by atoms with Crippen molar-refractivity contribution in [3.63, 3.8) is 0 Å². The molecule has 0 saturated carbocycles. The van der Waals surface area contributed by atoms with Gasteiger partial charge < -0.3 is 10.5 Å². The van der Waals surface area contributed by atoms with Gasteiger partial charge in [0.1, 0.15) is 0 Å². The largest absolute Gasteiger partial charge is 0.490 e. The number of benzene rings is 1. The maximum absolute atomic E-state index is 13.4. The van der Waals surface area contributed by atoms with Gasteiger partial charge in [0.05, 0.1) is 19.1 Å². The van der Waals surface area contributed by atoms with Crippen molar-refractivity contribution in [2.75, 3.05) is 13.3 Å². The molecular formula is C13H18F2N2O. The van der Waals surface area contributed by atoms with Gasteiger partial charge in [0.2, 0.25) is 0 Å². The van der Waals surface area contributed by atoms with Crippen LogP contribution in [0.1, 0.15) is 24.8 Å². The van der Waals surface area contributed by atoms with Crippen molar-refractivity contribution in [2.45, 2.75) is 25.7 Å². The Labute approximate surface area is 105 Å². The maximum Gasteiger partial charge on any atom is 0.165 e. The Morgan fingerprint density at radius 3 is 2.78 bits per heavy atom. The zero-order valence-electron chi connectivity index (χ0n) is 10.2. The number of hydrogen-bond donors (Lipinski definition) is 2. The number of amidine groups is 1. The molecule has 100 valence electrons. The van der Waals surface area contributed by atoms with E-state index in [1.807, 2.05) is 0 Å². The zero-order valence-corrected chi connectivity index (χ0v) is 10.2. The van der Waals surface area contributed by atoms with Gasteiger partial charge in [-0.05, 0) is 30.5 Å². The van der Waals surface area contributed by atoms with E-state index in [-0.39, 0.29) is 24.6 Å². The average Bonchev–Trinajstić information content (AvgIpc) is 2.33. The van der Waals surface area contributed by atoms with Crippen LogP contribution in [0.15, 0.2) is 18.2 Å². The summed E-state index contributed by atoms with van der Waals surface area (Å²) in [4.78, 5) is 0. The fraction of sp³-hybridized carbons (Fsp3) is 0.462. The van der Waals surface area contributed by atoms with Gasteiger partial charge in [0, 0.05) is 12.8 Å². The van der Waals surface area contributed by atoms with Crippen LogP contribution in [-0.2, 0) is 6.42 Å². The van der Waals surface area contributed by atoms with E-state index in [0.29, 0.717) is 12.8 Å². The van der Waals surface area contributed by atoms with Crippen LogP contribution < -0.4 is 10.5 Å². The van der Waals surface area contributed by atoms with Crippen LogP contribution in [0, 0.1) is 11.2 Å². The molecule has 0 aliphatic heterocycles. The predicted molar refractivity (Wildman–Crippen MR) is 67.3 cm³/mol. The number of nitrogens with one attached hydrogen (secondary N) is 1. The number of nitrogens with two attached hydrogens (primary N) is 1. The van der Waals surface area contributed by atoms with Crippen molar-refractivity contribution in [3.05, 3.63) is 29.6 Å². The molecule has 1 aromatic carbocycles. The molecule has 5 heteroatoms. The molecule has 0 fully saturated rings. The fourth-order valence-electron chi connectivity index (χ4n) is 1.53. The highest BCUT2D eigenvalue weighted by molar-refractivity contribution is 5.76. The summed E-state index contributed by atoms with van der Waals surface area (Å²) < 4.78 is 30.5. The Hall–Kier alpha value is -1.65. The number of aryl methyl sites for hydroxylation is 1. The summed E-state index contributed by atoms with van der Waals surface area (Å²) in [7, 11) is 0. The Morgan fingerprint density at radius 2 is 2.11 bits per heavy atom. The van der Waals surface area contributed by atoms with E-state index in [1.54, 1.807) is 12.1 Å². The second-order valence-corrected chi connectivity index (χ2v) is 4.03. The fourth-order valence-corrected chi connectivity index (χ4v) is 1.53. The third kappa shape index (κ3) is 5.12. The first-order valence-electron chi connectivity index (χ1n) is 5.93. The zero-order chi connectivity index (χ0) is 13.4. The van der Waals surface area contributed by atoms with E-state index in [2.05, 4.69) is 0 Å². The summed E-state index contributed by atoms with van der Waals surface area (Å²) in [6, 6.07) is 4.64. The molecule has 0 radical (unpaired) electrons. The van der Waals surface area contributed by atoms with Gasteiger partial charge in [-0.3, -0.25) is 9.80 Å².